The van der Waals surface area contributed by atoms with E-state index in [2.05, 4.69) is 10.0 Å². The number of azide groups is 1. The molecule has 0 bridgehead atoms. The smallest absolute Gasteiger partial charge is 0.338 e. The number of carbonyl (C=O) groups excluding carboxylic acids is 1. The monoisotopic (exact) mass is 276 g/mol. The second-order valence-electron chi connectivity index (χ2n) is 4.38. The molecular formula is C13H13FN4O2. The summed E-state index contributed by atoms with van der Waals surface area (Å²) in [7, 11) is 0. The van der Waals surface area contributed by atoms with E-state index in [0.29, 0.717) is 11.1 Å². The van der Waals surface area contributed by atoms with Gasteiger partial charge in [0.25, 0.3) is 0 Å². The Labute approximate surface area is 115 Å². The van der Waals surface area contributed by atoms with Gasteiger partial charge in [0.1, 0.15) is 5.67 Å². The van der Waals surface area contributed by atoms with Crippen molar-refractivity contribution in [3.8, 4) is 6.07 Å². The molecule has 7 heteroatoms. The highest BCUT2D eigenvalue weighted by atomic mass is 19.1. The van der Waals surface area contributed by atoms with Crippen molar-refractivity contribution in [1.82, 2.24) is 0 Å². The summed E-state index contributed by atoms with van der Waals surface area (Å²) in [4.78, 5) is 14.1. The van der Waals surface area contributed by atoms with E-state index in [4.69, 9.17) is 15.5 Å². The highest BCUT2D eigenvalue weighted by Gasteiger charge is 2.22. The minimum atomic E-state index is -1.71. The Morgan fingerprint density at radius 2 is 2.20 bits per heavy atom. The molecular weight excluding hydrogens is 263 g/mol. The predicted molar refractivity (Wildman–Crippen MR) is 69.6 cm³/mol. The van der Waals surface area contributed by atoms with Gasteiger partial charge in [-0.2, -0.15) is 5.26 Å². The van der Waals surface area contributed by atoms with E-state index in [0.717, 1.165) is 0 Å². The van der Waals surface area contributed by atoms with Crippen LogP contribution in [0.5, 0.6) is 0 Å². The van der Waals surface area contributed by atoms with Crippen LogP contribution in [0.2, 0.25) is 0 Å². The zero-order valence-corrected chi connectivity index (χ0v) is 10.9. The quantitative estimate of drug-likeness (QED) is 0.345. The summed E-state index contributed by atoms with van der Waals surface area (Å²) >= 11 is 0. The molecule has 0 amide bonds. The van der Waals surface area contributed by atoms with Crippen molar-refractivity contribution in [1.29, 1.82) is 5.26 Å². The number of nitrogens with zero attached hydrogens (tertiary/aromatic N) is 4. The van der Waals surface area contributed by atoms with E-state index in [1.54, 1.807) is 0 Å². The average molecular weight is 276 g/mol. The minimum absolute atomic E-state index is 0.0615. The normalized spacial score (nSPS) is 12.7. The molecule has 0 aliphatic carbocycles. The molecule has 0 radical (unpaired) electrons. The standard InChI is InChI=1S/C13H13FN4O2/c1-13(14,9-17-18-16)6-7-20-12(19)11-4-2-10(8-15)3-5-11/h2-5H,6-7,9H2,1H3. The third-order valence-corrected chi connectivity index (χ3v) is 2.57. The van der Waals surface area contributed by atoms with E-state index in [1.807, 2.05) is 6.07 Å². The van der Waals surface area contributed by atoms with Crippen LogP contribution in [0, 0.1) is 11.3 Å². The van der Waals surface area contributed by atoms with Gasteiger partial charge in [0.05, 0.1) is 30.3 Å². The fraction of sp³-hybridized carbons (Fsp3) is 0.385. The van der Waals surface area contributed by atoms with Gasteiger partial charge in [-0.1, -0.05) is 5.11 Å². The van der Waals surface area contributed by atoms with Gasteiger partial charge in [0.2, 0.25) is 0 Å². The Balaban J connectivity index is 2.47. The lowest BCUT2D eigenvalue weighted by Crippen LogP contribution is -2.24. The van der Waals surface area contributed by atoms with Crippen LogP contribution < -0.4 is 0 Å². The molecule has 1 aromatic carbocycles. The Morgan fingerprint density at radius 1 is 1.55 bits per heavy atom. The van der Waals surface area contributed by atoms with E-state index in [9.17, 15) is 9.18 Å². The maximum absolute atomic E-state index is 13.7. The number of hydrogen-bond donors (Lipinski definition) is 0. The summed E-state index contributed by atoms with van der Waals surface area (Å²) in [6.45, 7) is 0.849. The van der Waals surface area contributed by atoms with Crippen molar-refractivity contribution in [3.05, 3.63) is 45.8 Å². The van der Waals surface area contributed by atoms with Crippen molar-refractivity contribution in [2.45, 2.75) is 19.0 Å². The molecule has 0 saturated carbocycles. The van der Waals surface area contributed by atoms with Gasteiger partial charge in [-0.15, -0.1) is 0 Å². The first kappa shape index (κ1) is 15.5. The van der Waals surface area contributed by atoms with Gasteiger partial charge in [0, 0.05) is 11.3 Å². The predicted octanol–water partition coefficient (Wildman–Crippen LogP) is 3.14. The summed E-state index contributed by atoms with van der Waals surface area (Å²) in [5.41, 5.74) is 7.14. The number of rotatable bonds is 6. The number of benzene rings is 1. The van der Waals surface area contributed by atoms with E-state index in [1.165, 1.54) is 31.2 Å². The Morgan fingerprint density at radius 3 is 2.75 bits per heavy atom. The van der Waals surface area contributed by atoms with Crippen molar-refractivity contribution in [2.75, 3.05) is 13.2 Å². The molecule has 1 unspecified atom stereocenters. The summed E-state index contributed by atoms with van der Waals surface area (Å²) < 4.78 is 18.7. The fourth-order valence-electron chi connectivity index (χ4n) is 1.38. The Kier molecular flexibility index (Phi) is 5.51. The minimum Gasteiger partial charge on any atom is -0.462 e. The van der Waals surface area contributed by atoms with Gasteiger partial charge in [0.15, 0.2) is 0 Å². The van der Waals surface area contributed by atoms with Crippen LogP contribution in [-0.2, 0) is 4.74 Å². The lowest BCUT2D eigenvalue weighted by molar-refractivity contribution is 0.0424. The topological polar surface area (TPSA) is 98.9 Å². The summed E-state index contributed by atoms with van der Waals surface area (Å²) in [6.07, 6.45) is -0.0615. The third kappa shape index (κ3) is 4.96. The summed E-state index contributed by atoms with van der Waals surface area (Å²) in [6, 6.07) is 7.86. The second kappa shape index (κ2) is 7.12. The van der Waals surface area contributed by atoms with Crippen molar-refractivity contribution >= 4 is 5.97 Å². The van der Waals surface area contributed by atoms with Crippen LogP contribution >= 0.6 is 0 Å². The molecule has 0 spiro atoms. The van der Waals surface area contributed by atoms with Gasteiger partial charge in [-0.3, -0.25) is 0 Å². The molecule has 0 heterocycles. The molecule has 0 fully saturated rings. The highest BCUT2D eigenvalue weighted by molar-refractivity contribution is 5.89. The van der Waals surface area contributed by atoms with E-state index in [-0.39, 0.29) is 19.6 Å². The van der Waals surface area contributed by atoms with Crippen LogP contribution in [0.3, 0.4) is 0 Å². The zero-order valence-electron chi connectivity index (χ0n) is 10.9. The van der Waals surface area contributed by atoms with Crippen LogP contribution in [0.1, 0.15) is 29.3 Å². The number of ether oxygens (including phenoxy) is 1. The molecule has 0 aliphatic heterocycles. The van der Waals surface area contributed by atoms with Crippen LogP contribution in [0.4, 0.5) is 4.39 Å². The van der Waals surface area contributed by atoms with Gasteiger partial charge in [-0.05, 0) is 36.7 Å². The maximum atomic E-state index is 13.7. The lowest BCUT2D eigenvalue weighted by Gasteiger charge is -2.17. The molecule has 0 aromatic heterocycles. The SMILES string of the molecule is CC(F)(CCOC(=O)c1ccc(C#N)cc1)CN=[N+]=[N-]. The first-order chi connectivity index (χ1) is 9.48. The van der Waals surface area contributed by atoms with Crippen LogP contribution in [0.15, 0.2) is 29.4 Å². The number of alkyl halides is 1. The Bertz CT molecular complexity index is 557. The van der Waals surface area contributed by atoms with Gasteiger partial charge < -0.3 is 4.74 Å². The number of carbonyl (C=O) groups is 1. The molecule has 104 valence electrons. The first-order valence-electron chi connectivity index (χ1n) is 5.85. The van der Waals surface area contributed by atoms with E-state index < -0.39 is 11.6 Å². The summed E-state index contributed by atoms with van der Waals surface area (Å²) in [5, 5.41) is 11.8. The Hall–Kier alpha value is -2.58. The fourth-order valence-corrected chi connectivity index (χ4v) is 1.38. The lowest BCUT2D eigenvalue weighted by atomic mass is 10.1. The zero-order chi connectivity index (χ0) is 15.0. The third-order valence-electron chi connectivity index (χ3n) is 2.57. The number of hydrogen-bond acceptors (Lipinski definition) is 4. The molecule has 1 rings (SSSR count). The van der Waals surface area contributed by atoms with Crippen molar-refractivity contribution in [3.63, 3.8) is 0 Å². The van der Waals surface area contributed by atoms with Crippen LogP contribution in [-0.4, -0.2) is 24.8 Å². The average Bonchev–Trinajstić information content (AvgIpc) is 2.45. The number of esters is 1. The van der Waals surface area contributed by atoms with Crippen molar-refractivity contribution in [2.24, 2.45) is 5.11 Å². The summed E-state index contributed by atoms with van der Waals surface area (Å²) in [5.74, 6) is -0.589. The highest BCUT2D eigenvalue weighted by Crippen LogP contribution is 2.16. The van der Waals surface area contributed by atoms with Crippen LogP contribution in [0.25, 0.3) is 10.4 Å². The molecule has 6 nitrogen and oxygen atoms in total. The van der Waals surface area contributed by atoms with E-state index >= 15 is 0 Å². The molecule has 20 heavy (non-hydrogen) atoms. The molecule has 1 atom stereocenters. The molecule has 0 aliphatic rings. The first-order valence-corrected chi connectivity index (χ1v) is 5.85. The molecule has 0 N–H and O–H groups in total. The van der Waals surface area contributed by atoms with Gasteiger partial charge in [-0.25, -0.2) is 9.18 Å². The molecule has 0 saturated heterocycles. The van der Waals surface area contributed by atoms with Gasteiger partial charge >= 0.3 is 5.97 Å². The van der Waals surface area contributed by atoms with Crippen molar-refractivity contribution < 1.29 is 13.9 Å². The molecule has 1 aromatic rings. The maximum Gasteiger partial charge on any atom is 0.338 e. The largest absolute Gasteiger partial charge is 0.462 e. The number of nitriles is 1. The second-order valence-corrected chi connectivity index (χ2v) is 4.38. The number of halogens is 1.